The molecule has 0 aliphatic carbocycles. The largest absolute Gasteiger partial charge is 0.352 e. The lowest BCUT2D eigenvalue weighted by Gasteiger charge is -2.19. The van der Waals surface area contributed by atoms with Crippen LogP contribution in [0.5, 0.6) is 0 Å². The minimum Gasteiger partial charge on any atom is -0.352 e. The lowest BCUT2D eigenvalue weighted by atomic mass is 10.2. The van der Waals surface area contributed by atoms with Gasteiger partial charge in [-0.15, -0.1) is 0 Å². The second kappa shape index (κ2) is 7.70. The Morgan fingerprint density at radius 2 is 2.05 bits per heavy atom. The molecule has 1 saturated heterocycles. The first-order valence-corrected chi connectivity index (χ1v) is 9.83. The van der Waals surface area contributed by atoms with E-state index in [1.165, 1.54) is 19.9 Å². The Kier molecular flexibility index (Phi) is 6.76. The van der Waals surface area contributed by atoms with Crippen molar-refractivity contribution in [1.82, 2.24) is 5.32 Å². The van der Waals surface area contributed by atoms with Gasteiger partial charge in [-0.25, -0.2) is 4.79 Å². The molecule has 4 N–H and O–H groups in total. The van der Waals surface area contributed by atoms with Gasteiger partial charge in [0, 0.05) is 33.1 Å². The molecule has 12 heteroatoms. The molecule has 0 radical (unpaired) electrons. The van der Waals surface area contributed by atoms with Crippen molar-refractivity contribution in [2.45, 2.75) is 24.9 Å². The van der Waals surface area contributed by atoms with Crippen molar-refractivity contribution in [2.75, 3.05) is 20.9 Å². The molecule has 0 spiro atoms. The molecule has 1 aliphatic rings. The number of hydrogen-bond donors (Lipinski definition) is 3. The van der Waals surface area contributed by atoms with Crippen molar-refractivity contribution in [3.63, 3.8) is 0 Å². The molecule has 0 aromatic rings. The summed E-state index contributed by atoms with van der Waals surface area (Å²) in [6.45, 7) is 1.27. The molecule has 10 nitrogen and oxygen atoms in total. The van der Waals surface area contributed by atoms with Gasteiger partial charge in [0.1, 0.15) is 18.4 Å². The summed E-state index contributed by atoms with van der Waals surface area (Å²) in [5, 5.41) is 2.33. The van der Waals surface area contributed by atoms with E-state index < -0.39 is 39.7 Å². The molecule has 22 heavy (non-hydrogen) atoms. The zero-order valence-corrected chi connectivity index (χ0v) is 14.2. The van der Waals surface area contributed by atoms with E-state index >= 15 is 0 Å². The third-order valence-corrected chi connectivity index (χ3v) is 5.21. The molecule has 5 unspecified atom stereocenters. The zero-order valence-electron chi connectivity index (χ0n) is 12.4. The first-order valence-electron chi connectivity index (χ1n) is 6.19. The van der Waals surface area contributed by atoms with Gasteiger partial charge in [-0.1, -0.05) is 0 Å². The fraction of sp³-hybridized carbons (Fsp3) is 0.700. The Balaban J connectivity index is 2.86. The topological polar surface area (TPSA) is 146 Å². The molecule has 1 heterocycles. The average molecular weight is 358 g/mol. The number of ether oxygens (including phenoxy) is 1. The van der Waals surface area contributed by atoms with E-state index in [0.717, 1.165) is 12.9 Å². The molecule has 1 aliphatic heterocycles. The highest BCUT2D eigenvalue weighted by atomic mass is 31.2. The van der Waals surface area contributed by atoms with E-state index in [9.17, 15) is 18.8 Å². The summed E-state index contributed by atoms with van der Waals surface area (Å²) in [4.78, 5) is 20.2. The van der Waals surface area contributed by atoms with E-state index in [1.807, 2.05) is 0 Å². The number of nitrogens with one attached hydrogen (secondary N) is 1. The van der Waals surface area contributed by atoms with Crippen LogP contribution in [-0.4, -0.2) is 50.2 Å². The highest BCUT2D eigenvalue weighted by Crippen LogP contribution is 2.48. The molecular formula is C10H20N2O8P2. The zero-order chi connectivity index (χ0) is 17.0. The first kappa shape index (κ1) is 19.3. The number of primary amides is 1. The van der Waals surface area contributed by atoms with E-state index in [1.54, 1.807) is 0 Å². The van der Waals surface area contributed by atoms with Crippen LogP contribution < -0.4 is 11.1 Å². The SMILES string of the molecule is COP(=O)(O)/C=C/C1OC(NC(N)=O)CC1OP(C)(=O)OC. The summed E-state index contributed by atoms with van der Waals surface area (Å²) in [5.41, 5.74) is 5.01. The van der Waals surface area contributed by atoms with Crippen LogP contribution in [-0.2, 0) is 27.4 Å². The van der Waals surface area contributed by atoms with Gasteiger partial charge in [-0.2, -0.15) is 0 Å². The van der Waals surface area contributed by atoms with Crippen molar-refractivity contribution in [3.05, 3.63) is 11.9 Å². The second-order valence-electron chi connectivity index (χ2n) is 4.52. The highest BCUT2D eigenvalue weighted by Gasteiger charge is 2.39. The van der Waals surface area contributed by atoms with Crippen LogP contribution in [0, 0.1) is 0 Å². The van der Waals surface area contributed by atoms with Gasteiger partial charge in [-0.05, 0) is 6.08 Å². The molecule has 0 aromatic heterocycles. The number of carbonyl (C=O) groups is 1. The smallest absolute Gasteiger partial charge is 0.351 e. The maximum Gasteiger partial charge on any atom is 0.351 e. The predicted octanol–water partition coefficient (Wildman–Crippen LogP) is 0.970. The Morgan fingerprint density at radius 3 is 2.55 bits per heavy atom. The van der Waals surface area contributed by atoms with E-state index in [2.05, 4.69) is 9.84 Å². The standard InChI is InChI=1S/C10H20N2O8P2/c1-17-21(3,14)20-8-6-9(12-10(11)13)19-7(8)4-5-22(15,16)18-2/h4-5,7-9H,6H2,1-3H3,(H,15,16)(H3,11,12,13)/b5-4+. The van der Waals surface area contributed by atoms with Crippen LogP contribution in [0.4, 0.5) is 4.79 Å². The summed E-state index contributed by atoms with van der Waals surface area (Å²) in [7, 11) is -4.89. The lowest BCUT2D eigenvalue weighted by Crippen LogP contribution is -2.38. The highest BCUT2D eigenvalue weighted by molar-refractivity contribution is 7.56. The fourth-order valence-electron chi connectivity index (χ4n) is 1.75. The average Bonchev–Trinajstić information content (AvgIpc) is 2.77. The number of urea groups is 1. The number of hydrogen-bond acceptors (Lipinski definition) is 7. The van der Waals surface area contributed by atoms with Crippen molar-refractivity contribution in [1.29, 1.82) is 0 Å². The Morgan fingerprint density at radius 1 is 1.41 bits per heavy atom. The molecule has 0 bridgehead atoms. The van der Waals surface area contributed by atoms with Crippen molar-refractivity contribution < 1.29 is 37.1 Å². The van der Waals surface area contributed by atoms with E-state index in [0.29, 0.717) is 0 Å². The Bertz CT molecular complexity index is 525. The molecule has 0 saturated carbocycles. The summed E-state index contributed by atoms with van der Waals surface area (Å²) in [6.07, 6.45) is -0.999. The number of amides is 2. The fourth-order valence-corrected chi connectivity index (χ4v) is 3.04. The Hall–Kier alpha value is -0.730. The van der Waals surface area contributed by atoms with Crippen LogP contribution in [0.2, 0.25) is 0 Å². The summed E-state index contributed by atoms with van der Waals surface area (Å²) in [6, 6.07) is -0.801. The van der Waals surface area contributed by atoms with Crippen LogP contribution in [0.15, 0.2) is 11.9 Å². The third-order valence-electron chi connectivity index (χ3n) is 2.82. The molecule has 5 atom stereocenters. The van der Waals surface area contributed by atoms with Gasteiger partial charge in [0.25, 0.3) is 0 Å². The summed E-state index contributed by atoms with van der Waals surface area (Å²) < 4.78 is 43.2. The third kappa shape index (κ3) is 6.18. The van der Waals surface area contributed by atoms with Crippen molar-refractivity contribution in [2.24, 2.45) is 5.73 Å². The van der Waals surface area contributed by atoms with E-state index in [-0.39, 0.29) is 6.42 Å². The van der Waals surface area contributed by atoms with Gasteiger partial charge in [0.15, 0.2) is 0 Å². The maximum absolute atomic E-state index is 11.9. The monoisotopic (exact) mass is 358 g/mol. The molecule has 1 fully saturated rings. The van der Waals surface area contributed by atoms with Crippen molar-refractivity contribution >= 4 is 21.2 Å². The van der Waals surface area contributed by atoms with Crippen LogP contribution in [0.1, 0.15) is 6.42 Å². The van der Waals surface area contributed by atoms with Gasteiger partial charge < -0.3 is 34.3 Å². The minimum atomic E-state index is -3.89. The number of nitrogens with two attached hydrogens (primary N) is 1. The van der Waals surface area contributed by atoms with Crippen LogP contribution in [0.25, 0.3) is 0 Å². The van der Waals surface area contributed by atoms with Crippen molar-refractivity contribution in [3.8, 4) is 0 Å². The number of carbonyl (C=O) groups excluding carboxylic acids is 1. The molecule has 2 amide bonds. The quantitative estimate of drug-likeness (QED) is 0.571. The summed E-state index contributed by atoms with van der Waals surface area (Å²) >= 11 is 0. The van der Waals surface area contributed by atoms with Gasteiger partial charge >= 0.3 is 21.2 Å². The second-order valence-corrected chi connectivity index (χ2v) is 8.43. The van der Waals surface area contributed by atoms with Gasteiger partial charge in [0.2, 0.25) is 0 Å². The molecule has 128 valence electrons. The molecule has 1 rings (SSSR count). The normalized spacial score (nSPS) is 30.8. The summed E-state index contributed by atoms with van der Waals surface area (Å²) in [5.74, 6) is 0.925. The van der Waals surface area contributed by atoms with Crippen LogP contribution in [0.3, 0.4) is 0 Å². The minimum absolute atomic E-state index is 0.141. The molecule has 0 aromatic carbocycles. The van der Waals surface area contributed by atoms with Crippen LogP contribution >= 0.6 is 15.2 Å². The number of rotatable bonds is 7. The maximum atomic E-state index is 11.9. The van der Waals surface area contributed by atoms with E-state index in [4.69, 9.17) is 19.5 Å². The first-order chi connectivity index (χ1) is 10.1. The lowest BCUT2D eigenvalue weighted by molar-refractivity contribution is 0.0339. The molecular weight excluding hydrogens is 338 g/mol. The Labute approximate surface area is 128 Å². The van der Waals surface area contributed by atoms with Gasteiger partial charge in [0.05, 0.1) is 0 Å². The predicted molar refractivity (Wildman–Crippen MR) is 77.4 cm³/mol. The van der Waals surface area contributed by atoms with Gasteiger partial charge in [-0.3, -0.25) is 9.13 Å².